The molecule has 2 aromatic carbocycles. The monoisotopic (exact) mass is 368 g/mol. The third-order valence-electron chi connectivity index (χ3n) is 3.76. The summed E-state index contributed by atoms with van der Waals surface area (Å²) >= 11 is 0. The average Bonchev–Trinajstić information content (AvgIpc) is 3.17. The Morgan fingerprint density at radius 1 is 0.962 bits per heavy atom. The van der Waals surface area contributed by atoms with Gasteiger partial charge in [-0.3, -0.25) is 10.0 Å². The van der Waals surface area contributed by atoms with E-state index in [2.05, 4.69) is 0 Å². The van der Waals surface area contributed by atoms with Gasteiger partial charge in [-0.25, -0.2) is 17.9 Å². The fraction of sp³-hybridized carbons (Fsp3) is 0. The molecule has 7 heteroatoms. The quantitative estimate of drug-likeness (QED) is 0.412. The van der Waals surface area contributed by atoms with E-state index in [9.17, 15) is 13.2 Å². The van der Waals surface area contributed by atoms with Crippen LogP contribution in [-0.4, -0.2) is 23.5 Å². The summed E-state index contributed by atoms with van der Waals surface area (Å²) in [5.41, 5.74) is 3.91. The predicted molar refractivity (Wildman–Crippen MR) is 97.9 cm³/mol. The molecule has 3 rings (SSSR count). The lowest BCUT2D eigenvalue weighted by atomic mass is 10.1. The van der Waals surface area contributed by atoms with Crippen LogP contribution in [0.2, 0.25) is 0 Å². The Labute approximate surface area is 151 Å². The Kier molecular flexibility index (Phi) is 5.01. The third kappa shape index (κ3) is 3.74. The first-order valence-electron chi connectivity index (χ1n) is 7.72. The molecule has 0 spiro atoms. The lowest BCUT2D eigenvalue weighted by molar-refractivity contribution is -0.124. The molecule has 1 aromatic heterocycles. The fourth-order valence-corrected chi connectivity index (χ4v) is 3.63. The lowest BCUT2D eigenvalue weighted by Crippen LogP contribution is -2.14. The van der Waals surface area contributed by atoms with E-state index >= 15 is 0 Å². The van der Waals surface area contributed by atoms with E-state index in [-0.39, 0.29) is 4.90 Å². The van der Waals surface area contributed by atoms with Crippen LogP contribution >= 0.6 is 0 Å². The molecule has 132 valence electrons. The van der Waals surface area contributed by atoms with E-state index in [1.165, 1.54) is 23.9 Å². The minimum Gasteiger partial charge on any atom is -0.288 e. The molecule has 0 aliphatic carbocycles. The zero-order valence-corrected chi connectivity index (χ0v) is 14.4. The number of aromatic nitrogens is 1. The highest BCUT2D eigenvalue weighted by Gasteiger charge is 2.16. The molecule has 0 unspecified atom stereocenters. The van der Waals surface area contributed by atoms with E-state index in [1.807, 2.05) is 30.3 Å². The second-order valence-electron chi connectivity index (χ2n) is 5.48. The number of benzene rings is 2. The van der Waals surface area contributed by atoms with Crippen LogP contribution in [0.1, 0.15) is 5.56 Å². The standard InChI is InChI=1S/C19H16N2O4S/c22-19(20-23)11-6-15-12-13-21(14-15)26(24,25)18-9-7-17(8-10-18)16-4-2-1-3-5-16/h1-14,23H,(H,20,22). The summed E-state index contributed by atoms with van der Waals surface area (Å²) in [6, 6.07) is 17.9. The van der Waals surface area contributed by atoms with E-state index in [0.717, 1.165) is 21.2 Å². The number of hydroxylamine groups is 1. The fourth-order valence-electron chi connectivity index (χ4n) is 2.42. The minimum absolute atomic E-state index is 0.163. The molecule has 3 aromatic rings. The van der Waals surface area contributed by atoms with E-state index in [1.54, 1.807) is 30.3 Å². The van der Waals surface area contributed by atoms with E-state index in [0.29, 0.717) is 5.56 Å². The van der Waals surface area contributed by atoms with Crippen LogP contribution in [0, 0.1) is 0 Å². The smallest absolute Gasteiger partial charge is 0.267 e. The molecular weight excluding hydrogens is 352 g/mol. The Morgan fingerprint density at radius 2 is 1.62 bits per heavy atom. The van der Waals surface area contributed by atoms with Crippen LogP contribution in [-0.2, 0) is 14.8 Å². The van der Waals surface area contributed by atoms with Gasteiger partial charge in [-0.05, 0) is 41.0 Å². The molecular formula is C19H16N2O4S. The van der Waals surface area contributed by atoms with Crippen molar-refractivity contribution in [2.24, 2.45) is 0 Å². The summed E-state index contributed by atoms with van der Waals surface area (Å²) in [5, 5.41) is 8.45. The van der Waals surface area contributed by atoms with Gasteiger partial charge in [-0.2, -0.15) is 0 Å². The molecule has 0 radical (unpaired) electrons. The Bertz CT molecular complexity index is 1040. The van der Waals surface area contributed by atoms with Crippen LogP contribution in [0.15, 0.2) is 84.0 Å². The summed E-state index contributed by atoms with van der Waals surface area (Å²) in [7, 11) is -3.73. The molecule has 0 fully saturated rings. The van der Waals surface area contributed by atoms with E-state index in [4.69, 9.17) is 5.21 Å². The van der Waals surface area contributed by atoms with Gasteiger partial charge in [-0.15, -0.1) is 0 Å². The van der Waals surface area contributed by atoms with Gasteiger partial charge in [0.05, 0.1) is 4.90 Å². The van der Waals surface area contributed by atoms with Gasteiger partial charge in [0.15, 0.2) is 0 Å². The number of hydrogen-bond donors (Lipinski definition) is 2. The highest BCUT2D eigenvalue weighted by Crippen LogP contribution is 2.22. The molecule has 1 amide bonds. The average molecular weight is 368 g/mol. The van der Waals surface area contributed by atoms with Crippen molar-refractivity contribution < 1.29 is 18.4 Å². The van der Waals surface area contributed by atoms with Crippen LogP contribution in [0.5, 0.6) is 0 Å². The Hall–Kier alpha value is -3.16. The maximum Gasteiger partial charge on any atom is 0.267 e. The number of nitrogens with zero attached hydrogens (tertiary/aromatic N) is 1. The number of carbonyl (C=O) groups excluding carboxylic acids is 1. The zero-order valence-electron chi connectivity index (χ0n) is 13.6. The highest BCUT2D eigenvalue weighted by atomic mass is 32.2. The lowest BCUT2D eigenvalue weighted by Gasteiger charge is -2.07. The van der Waals surface area contributed by atoms with Gasteiger partial charge >= 0.3 is 0 Å². The molecule has 1 heterocycles. The topological polar surface area (TPSA) is 88.4 Å². The normalized spacial score (nSPS) is 11.6. The van der Waals surface area contributed by atoms with Crippen molar-refractivity contribution in [1.82, 2.24) is 9.45 Å². The van der Waals surface area contributed by atoms with Crippen LogP contribution in [0.3, 0.4) is 0 Å². The van der Waals surface area contributed by atoms with Crippen molar-refractivity contribution >= 4 is 22.0 Å². The van der Waals surface area contributed by atoms with Crippen LogP contribution in [0.25, 0.3) is 17.2 Å². The van der Waals surface area contributed by atoms with Gasteiger partial charge in [0.2, 0.25) is 0 Å². The first-order chi connectivity index (χ1) is 12.5. The zero-order chi connectivity index (χ0) is 18.6. The largest absolute Gasteiger partial charge is 0.288 e. The summed E-state index contributed by atoms with van der Waals surface area (Å²) in [4.78, 5) is 11.1. The molecule has 0 aliphatic heterocycles. The van der Waals surface area contributed by atoms with E-state index < -0.39 is 15.9 Å². The van der Waals surface area contributed by atoms with Gasteiger partial charge in [0.25, 0.3) is 15.9 Å². The maximum atomic E-state index is 12.7. The van der Waals surface area contributed by atoms with Gasteiger partial charge in [0, 0.05) is 18.5 Å². The van der Waals surface area contributed by atoms with Crippen LogP contribution in [0.4, 0.5) is 0 Å². The highest BCUT2D eigenvalue weighted by molar-refractivity contribution is 7.90. The molecule has 0 bridgehead atoms. The second kappa shape index (κ2) is 7.38. The SMILES string of the molecule is O=C(C=Cc1ccn(S(=O)(=O)c2ccc(-c3ccccc3)cc2)c1)NO. The maximum absolute atomic E-state index is 12.7. The molecule has 0 atom stereocenters. The Balaban J connectivity index is 1.85. The van der Waals surface area contributed by atoms with Crippen molar-refractivity contribution in [3.05, 3.63) is 84.7 Å². The predicted octanol–water partition coefficient (Wildman–Crippen LogP) is 2.91. The summed E-state index contributed by atoms with van der Waals surface area (Å²) < 4.78 is 26.5. The molecule has 0 saturated heterocycles. The van der Waals surface area contributed by atoms with Gasteiger partial charge < -0.3 is 0 Å². The van der Waals surface area contributed by atoms with Crippen molar-refractivity contribution in [2.45, 2.75) is 4.90 Å². The third-order valence-corrected chi connectivity index (χ3v) is 5.41. The number of nitrogens with one attached hydrogen (secondary N) is 1. The molecule has 0 aliphatic rings. The number of rotatable bonds is 5. The minimum atomic E-state index is -3.73. The summed E-state index contributed by atoms with van der Waals surface area (Å²) in [6.07, 6.45) is 5.29. The number of carbonyl (C=O) groups is 1. The van der Waals surface area contributed by atoms with Crippen molar-refractivity contribution in [2.75, 3.05) is 0 Å². The first-order valence-corrected chi connectivity index (χ1v) is 9.16. The van der Waals surface area contributed by atoms with Crippen LogP contribution < -0.4 is 5.48 Å². The van der Waals surface area contributed by atoms with Crippen molar-refractivity contribution in [1.29, 1.82) is 0 Å². The Morgan fingerprint density at radius 3 is 2.27 bits per heavy atom. The molecule has 6 nitrogen and oxygen atoms in total. The molecule has 0 saturated carbocycles. The number of hydrogen-bond acceptors (Lipinski definition) is 4. The number of amides is 1. The van der Waals surface area contributed by atoms with Crippen molar-refractivity contribution in [3.63, 3.8) is 0 Å². The second-order valence-corrected chi connectivity index (χ2v) is 7.32. The van der Waals surface area contributed by atoms with Gasteiger partial charge in [0.1, 0.15) is 0 Å². The summed E-state index contributed by atoms with van der Waals surface area (Å²) in [5.74, 6) is -0.697. The summed E-state index contributed by atoms with van der Waals surface area (Å²) in [6.45, 7) is 0. The first kappa shape index (κ1) is 17.7. The van der Waals surface area contributed by atoms with Crippen molar-refractivity contribution in [3.8, 4) is 11.1 Å². The molecule has 26 heavy (non-hydrogen) atoms. The van der Waals surface area contributed by atoms with Gasteiger partial charge in [-0.1, -0.05) is 42.5 Å². The molecule has 2 N–H and O–H groups in total.